The van der Waals surface area contributed by atoms with Gasteiger partial charge in [0, 0.05) is 18.7 Å². The summed E-state index contributed by atoms with van der Waals surface area (Å²) in [5.41, 5.74) is 1.65. The van der Waals surface area contributed by atoms with Crippen LogP contribution in [0.1, 0.15) is 31.0 Å². The number of halogens is 1. The Morgan fingerprint density at radius 3 is 2.56 bits per heavy atom. The van der Waals surface area contributed by atoms with Gasteiger partial charge in [0.25, 0.3) is 5.69 Å². The number of rotatable bonds is 7. The van der Waals surface area contributed by atoms with Crippen molar-refractivity contribution in [1.82, 2.24) is 10.6 Å². The van der Waals surface area contributed by atoms with E-state index in [2.05, 4.69) is 15.6 Å². The lowest BCUT2D eigenvalue weighted by atomic mass is 10.1. The van der Waals surface area contributed by atoms with E-state index in [0.717, 1.165) is 11.1 Å². The van der Waals surface area contributed by atoms with Crippen LogP contribution in [0, 0.1) is 15.9 Å². The first-order valence-electron chi connectivity index (χ1n) is 8.56. The van der Waals surface area contributed by atoms with Crippen LogP contribution in [-0.4, -0.2) is 24.5 Å². The largest absolute Gasteiger partial charge is 0.494 e. The molecule has 1 unspecified atom stereocenters. The molecule has 0 bridgehead atoms. The summed E-state index contributed by atoms with van der Waals surface area (Å²) in [5, 5.41) is 17.1. The third kappa shape index (κ3) is 5.67. The average molecular weight is 374 g/mol. The number of nitro groups is 1. The molecule has 0 radical (unpaired) electrons. The zero-order chi connectivity index (χ0) is 19.8. The summed E-state index contributed by atoms with van der Waals surface area (Å²) in [6, 6.07) is 10.9. The van der Waals surface area contributed by atoms with Gasteiger partial charge in [0.05, 0.1) is 24.6 Å². The van der Waals surface area contributed by atoms with E-state index in [0.29, 0.717) is 19.0 Å². The number of benzene rings is 2. The third-order valence-electron chi connectivity index (χ3n) is 3.94. The lowest BCUT2D eigenvalue weighted by Gasteiger charge is -2.18. The predicted octanol–water partition coefficient (Wildman–Crippen LogP) is 3.56. The zero-order valence-corrected chi connectivity index (χ0v) is 15.5. The minimum Gasteiger partial charge on any atom is -0.494 e. The number of ether oxygens (including phenoxy) is 1. The van der Waals surface area contributed by atoms with Crippen molar-refractivity contribution in [3.63, 3.8) is 0 Å². The Balaban J connectivity index is 2.08. The highest BCUT2D eigenvalue weighted by Crippen LogP contribution is 2.21. The molecule has 0 aromatic heterocycles. The molecule has 0 aliphatic heterocycles. The first-order chi connectivity index (χ1) is 12.9. The monoisotopic (exact) mass is 374 g/mol. The SMILES string of the molecule is CCNC(=NCc1ccc([N+](=O)[O-])cc1)NC(C)c1ccc(OC)c(F)c1. The fourth-order valence-corrected chi connectivity index (χ4v) is 2.45. The second-order valence-corrected chi connectivity index (χ2v) is 5.88. The lowest BCUT2D eigenvalue weighted by molar-refractivity contribution is -0.384. The number of hydrogen-bond donors (Lipinski definition) is 2. The van der Waals surface area contributed by atoms with E-state index in [1.54, 1.807) is 24.3 Å². The van der Waals surface area contributed by atoms with Gasteiger partial charge in [-0.15, -0.1) is 0 Å². The van der Waals surface area contributed by atoms with Gasteiger partial charge in [0.15, 0.2) is 17.5 Å². The second-order valence-electron chi connectivity index (χ2n) is 5.88. The summed E-state index contributed by atoms with van der Waals surface area (Å²) >= 11 is 0. The number of nitrogens with one attached hydrogen (secondary N) is 2. The maximum atomic E-state index is 13.9. The molecule has 0 fully saturated rings. The smallest absolute Gasteiger partial charge is 0.269 e. The maximum absolute atomic E-state index is 13.9. The van der Waals surface area contributed by atoms with Crippen LogP contribution in [0.4, 0.5) is 10.1 Å². The van der Waals surface area contributed by atoms with Crippen molar-refractivity contribution >= 4 is 11.6 Å². The Hall–Kier alpha value is -3.16. The highest BCUT2D eigenvalue weighted by molar-refractivity contribution is 5.80. The Morgan fingerprint density at radius 2 is 2.00 bits per heavy atom. The van der Waals surface area contributed by atoms with E-state index in [1.165, 1.54) is 25.3 Å². The molecule has 7 nitrogen and oxygen atoms in total. The summed E-state index contributed by atoms with van der Waals surface area (Å²) in [4.78, 5) is 14.8. The minimum atomic E-state index is -0.436. The molecule has 0 heterocycles. The van der Waals surface area contributed by atoms with E-state index in [1.807, 2.05) is 13.8 Å². The quantitative estimate of drug-likeness (QED) is 0.335. The first-order valence-corrected chi connectivity index (χ1v) is 8.56. The molecule has 8 heteroatoms. The van der Waals surface area contributed by atoms with E-state index in [9.17, 15) is 14.5 Å². The number of nitro benzene ring substituents is 1. The van der Waals surface area contributed by atoms with Crippen molar-refractivity contribution in [2.75, 3.05) is 13.7 Å². The molecule has 0 amide bonds. The molecule has 0 saturated heterocycles. The van der Waals surface area contributed by atoms with Crippen LogP contribution in [0.25, 0.3) is 0 Å². The molecule has 0 saturated carbocycles. The topological polar surface area (TPSA) is 88.8 Å². The van der Waals surface area contributed by atoms with Crippen LogP contribution in [0.5, 0.6) is 5.75 Å². The first kappa shape index (κ1) is 20.2. The van der Waals surface area contributed by atoms with Gasteiger partial charge in [0.2, 0.25) is 0 Å². The summed E-state index contributed by atoms with van der Waals surface area (Å²) in [5.74, 6) is 0.348. The molecule has 2 rings (SSSR count). The summed E-state index contributed by atoms with van der Waals surface area (Å²) in [6.07, 6.45) is 0. The van der Waals surface area contributed by atoms with Crippen molar-refractivity contribution in [1.29, 1.82) is 0 Å². The molecule has 27 heavy (non-hydrogen) atoms. The lowest BCUT2D eigenvalue weighted by Crippen LogP contribution is -2.38. The van der Waals surface area contributed by atoms with Crippen LogP contribution >= 0.6 is 0 Å². The molecule has 1 atom stereocenters. The van der Waals surface area contributed by atoms with E-state index in [4.69, 9.17) is 4.74 Å². The zero-order valence-electron chi connectivity index (χ0n) is 15.5. The molecule has 0 aliphatic carbocycles. The van der Waals surface area contributed by atoms with Gasteiger partial charge >= 0.3 is 0 Å². The van der Waals surface area contributed by atoms with Gasteiger partial charge < -0.3 is 15.4 Å². The normalized spacial score (nSPS) is 12.4. The van der Waals surface area contributed by atoms with Crippen molar-refractivity contribution < 1.29 is 14.1 Å². The third-order valence-corrected chi connectivity index (χ3v) is 3.94. The van der Waals surface area contributed by atoms with Gasteiger partial charge in [-0.3, -0.25) is 10.1 Å². The molecular formula is C19H23FN4O3. The molecule has 0 aliphatic rings. The van der Waals surface area contributed by atoms with Crippen LogP contribution in [-0.2, 0) is 6.54 Å². The second kappa shape index (κ2) is 9.51. The van der Waals surface area contributed by atoms with Crippen LogP contribution in [0.3, 0.4) is 0 Å². The minimum absolute atomic E-state index is 0.0444. The number of aliphatic imine (C=N–C) groups is 1. The Kier molecular flexibility index (Phi) is 7.10. The highest BCUT2D eigenvalue weighted by Gasteiger charge is 2.11. The number of non-ortho nitro benzene ring substituents is 1. The molecule has 2 aromatic rings. The number of methoxy groups -OCH3 is 1. The van der Waals surface area contributed by atoms with Crippen LogP contribution in [0.2, 0.25) is 0 Å². The molecule has 2 N–H and O–H groups in total. The van der Waals surface area contributed by atoms with Crippen molar-refractivity contribution in [2.24, 2.45) is 4.99 Å². The average Bonchev–Trinajstić information content (AvgIpc) is 2.66. The van der Waals surface area contributed by atoms with Crippen molar-refractivity contribution in [3.05, 3.63) is 69.5 Å². The fourth-order valence-electron chi connectivity index (χ4n) is 2.45. The van der Waals surface area contributed by atoms with Crippen molar-refractivity contribution in [3.8, 4) is 5.75 Å². The molecular weight excluding hydrogens is 351 g/mol. The molecule has 2 aromatic carbocycles. The number of nitrogens with zero attached hydrogens (tertiary/aromatic N) is 2. The number of guanidine groups is 1. The maximum Gasteiger partial charge on any atom is 0.269 e. The number of hydrogen-bond acceptors (Lipinski definition) is 4. The van der Waals surface area contributed by atoms with Crippen LogP contribution in [0.15, 0.2) is 47.5 Å². The van der Waals surface area contributed by atoms with Gasteiger partial charge in [-0.1, -0.05) is 18.2 Å². The van der Waals surface area contributed by atoms with Crippen molar-refractivity contribution in [2.45, 2.75) is 26.4 Å². The molecule has 144 valence electrons. The van der Waals surface area contributed by atoms with E-state index >= 15 is 0 Å². The highest BCUT2D eigenvalue weighted by atomic mass is 19.1. The van der Waals surface area contributed by atoms with Gasteiger partial charge in [-0.05, 0) is 37.1 Å². The van der Waals surface area contributed by atoms with Gasteiger partial charge in [-0.2, -0.15) is 0 Å². The molecule has 0 spiro atoms. The van der Waals surface area contributed by atoms with E-state index < -0.39 is 10.7 Å². The fraction of sp³-hybridized carbons (Fsp3) is 0.316. The predicted molar refractivity (Wildman–Crippen MR) is 102 cm³/mol. The summed E-state index contributed by atoms with van der Waals surface area (Å²) in [7, 11) is 1.42. The Bertz CT molecular complexity index is 809. The Morgan fingerprint density at radius 1 is 1.30 bits per heavy atom. The standard InChI is InChI=1S/C19H23FN4O3/c1-4-21-19(22-12-14-5-8-16(9-6-14)24(25)26)23-13(2)15-7-10-18(27-3)17(20)11-15/h5-11,13H,4,12H2,1-3H3,(H2,21,22,23). The van der Waals surface area contributed by atoms with Gasteiger partial charge in [-0.25, -0.2) is 9.38 Å². The van der Waals surface area contributed by atoms with Crippen LogP contribution < -0.4 is 15.4 Å². The summed E-state index contributed by atoms with van der Waals surface area (Å²) in [6.45, 7) is 4.87. The summed E-state index contributed by atoms with van der Waals surface area (Å²) < 4.78 is 18.8. The van der Waals surface area contributed by atoms with Gasteiger partial charge in [0.1, 0.15) is 0 Å². The van der Waals surface area contributed by atoms with E-state index in [-0.39, 0.29) is 17.5 Å². The Labute approximate surface area is 157 Å².